The highest BCUT2D eigenvalue weighted by atomic mass is 32.1. The van der Waals surface area contributed by atoms with E-state index >= 15 is 0 Å². The van der Waals surface area contributed by atoms with E-state index in [4.69, 9.17) is 18.0 Å². The van der Waals surface area contributed by atoms with Gasteiger partial charge in [-0.15, -0.1) is 0 Å². The highest BCUT2D eigenvalue weighted by Crippen LogP contribution is 2.22. The molecule has 0 aromatic rings. The monoisotopic (exact) mass is 228 g/mol. The zero-order chi connectivity index (χ0) is 11.3. The molecule has 2 atom stereocenters. The van der Waals surface area contributed by atoms with Gasteiger partial charge in [0.15, 0.2) is 0 Å². The fraction of sp³-hybridized carbons (Fsp3) is 0.818. The molecule has 2 unspecified atom stereocenters. The van der Waals surface area contributed by atoms with Gasteiger partial charge in [0.05, 0.1) is 11.4 Å². The van der Waals surface area contributed by atoms with Crippen LogP contribution in [0.2, 0.25) is 0 Å². The maximum absolute atomic E-state index is 11.5. The van der Waals surface area contributed by atoms with E-state index in [1.807, 2.05) is 0 Å². The van der Waals surface area contributed by atoms with E-state index in [1.165, 1.54) is 25.7 Å². The Balaban J connectivity index is 2.40. The SMILES string of the molecule is CC1CCCCCC1NC(=O)CC(N)=S. The molecular formula is C11H20N2OS. The molecule has 0 saturated heterocycles. The van der Waals surface area contributed by atoms with Crippen molar-refractivity contribution >= 4 is 23.1 Å². The van der Waals surface area contributed by atoms with Crippen LogP contribution in [0.5, 0.6) is 0 Å². The van der Waals surface area contributed by atoms with Gasteiger partial charge in [-0.05, 0) is 18.8 Å². The van der Waals surface area contributed by atoms with Gasteiger partial charge in [0.2, 0.25) is 5.91 Å². The Morgan fingerprint density at radius 2 is 2.07 bits per heavy atom. The van der Waals surface area contributed by atoms with Crippen LogP contribution in [-0.2, 0) is 4.79 Å². The van der Waals surface area contributed by atoms with E-state index in [0.717, 1.165) is 6.42 Å². The summed E-state index contributed by atoms with van der Waals surface area (Å²) in [7, 11) is 0. The van der Waals surface area contributed by atoms with Gasteiger partial charge in [-0.1, -0.05) is 38.4 Å². The number of hydrogen-bond acceptors (Lipinski definition) is 2. The van der Waals surface area contributed by atoms with Crippen LogP contribution in [0.1, 0.15) is 45.4 Å². The molecule has 4 heteroatoms. The Kier molecular flexibility index (Phi) is 5.02. The Morgan fingerprint density at radius 1 is 1.40 bits per heavy atom. The second-order valence-corrected chi connectivity index (χ2v) is 4.96. The molecule has 1 saturated carbocycles. The third-order valence-corrected chi connectivity index (χ3v) is 3.19. The van der Waals surface area contributed by atoms with Crippen LogP contribution in [0.15, 0.2) is 0 Å². The number of carbonyl (C=O) groups is 1. The predicted octanol–water partition coefficient (Wildman–Crippen LogP) is 1.75. The minimum Gasteiger partial charge on any atom is -0.393 e. The van der Waals surface area contributed by atoms with E-state index in [-0.39, 0.29) is 17.3 Å². The van der Waals surface area contributed by atoms with Crippen LogP contribution < -0.4 is 11.1 Å². The van der Waals surface area contributed by atoms with Gasteiger partial charge in [0.25, 0.3) is 0 Å². The van der Waals surface area contributed by atoms with Gasteiger partial charge < -0.3 is 11.1 Å². The molecular weight excluding hydrogens is 208 g/mol. The van der Waals surface area contributed by atoms with Crippen LogP contribution in [0.4, 0.5) is 0 Å². The van der Waals surface area contributed by atoms with Crippen LogP contribution in [-0.4, -0.2) is 16.9 Å². The molecule has 1 fully saturated rings. The highest BCUT2D eigenvalue weighted by Gasteiger charge is 2.21. The molecule has 0 spiro atoms. The molecule has 0 bridgehead atoms. The van der Waals surface area contributed by atoms with Gasteiger partial charge in [0, 0.05) is 6.04 Å². The summed E-state index contributed by atoms with van der Waals surface area (Å²) in [4.78, 5) is 11.8. The van der Waals surface area contributed by atoms with E-state index in [2.05, 4.69) is 12.2 Å². The largest absolute Gasteiger partial charge is 0.393 e. The molecule has 3 N–H and O–H groups in total. The van der Waals surface area contributed by atoms with E-state index in [1.54, 1.807) is 0 Å². The fourth-order valence-corrected chi connectivity index (χ4v) is 2.25. The summed E-state index contributed by atoms with van der Waals surface area (Å²) in [5, 5.41) is 3.03. The zero-order valence-electron chi connectivity index (χ0n) is 9.29. The summed E-state index contributed by atoms with van der Waals surface area (Å²) in [6.45, 7) is 2.21. The normalized spacial score (nSPS) is 26.7. The van der Waals surface area contributed by atoms with Crippen molar-refractivity contribution in [1.29, 1.82) is 0 Å². The molecule has 0 aromatic carbocycles. The third-order valence-electron chi connectivity index (χ3n) is 3.04. The lowest BCUT2D eigenvalue weighted by atomic mass is 9.97. The van der Waals surface area contributed by atoms with E-state index in [9.17, 15) is 4.79 Å². The summed E-state index contributed by atoms with van der Waals surface area (Å²) in [6.07, 6.45) is 6.25. The maximum Gasteiger partial charge on any atom is 0.227 e. The second-order valence-electron chi connectivity index (χ2n) is 4.43. The molecule has 0 aromatic heterocycles. The minimum absolute atomic E-state index is 0.0266. The quantitative estimate of drug-likeness (QED) is 0.571. The summed E-state index contributed by atoms with van der Waals surface area (Å²) in [5.41, 5.74) is 5.33. The van der Waals surface area contributed by atoms with Crippen molar-refractivity contribution in [2.45, 2.75) is 51.5 Å². The Bertz CT molecular complexity index is 243. The van der Waals surface area contributed by atoms with Gasteiger partial charge in [-0.2, -0.15) is 0 Å². The lowest BCUT2D eigenvalue weighted by Crippen LogP contribution is -2.40. The zero-order valence-corrected chi connectivity index (χ0v) is 10.1. The van der Waals surface area contributed by atoms with Crippen LogP contribution in [0.3, 0.4) is 0 Å². The Hall–Kier alpha value is -0.640. The molecule has 1 aliphatic rings. The van der Waals surface area contributed by atoms with E-state index < -0.39 is 0 Å². The lowest BCUT2D eigenvalue weighted by molar-refractivity contribution is -0.121. The molecule has 3 nitrogen and oxygen atoms in total. The number of thiocarbonyl (C=S) groups is 1. The topological polar surface area (TPSA) is 55.1 Å². The Labute approximate surface area is 96.8 Å². The van der Waals surface area contributed by atoms with Crippen molar-refractivity contribution in [3.8, 4) is 0 Å². The first-order chi connectivity index (χ1) is 7.09. The first-order valence-electron chi connectivity index (χ1n) is 5.67. The van der Waals surface area contributed by atoms with Crippen molar-refractivity contribution in [3.05, 3.63) is 0 Å². The number of amides is 1. The average Bonchev–Trinajstić information content (AvgIpc) is 2.30. The average molecular weight is 228 g/mol. The lowest BCUT2D eigenvalue weighted by Gasteiger charge is -2.22. The molecule has 1 aliphatic carbocycles. The van der Waals surface area contributed by atoms with Crippen molar-refractivity contribution < 1.29 is 4.79 Å². The number of hydrogen-bond donors (Lipinski definition) is 2. The molecule has 1 rings (SSSR count). The summed E-state index contributed by atoms with van der Waals surface area (Å²) in [5.74, 6) is 0.545. The minimum atomic E-state index is -0.0266. The second kappa shape index (κ2) is 6.05. The number of carbonyl (C=O) groups excluding carboxylic acids is 1. The molecule has 1 amide bonds. The summed E-state index contributed by atoms with van der Waals surface area (Å²) >= 11 is 4.71. The van der Waals surface area contributed by atoms with Gasteiger partial charge >= 0.3 is 0 Å². The van der Waals surface area contributed by atoms with E-state index in [0.29, 0.717) is 12.0 Å². The van der Waals surface area contributed by atoms with Gasteiger partial charge in [-0.25, -0.2) is 0 Å². The Morgan fingerprint density at radius 3 is 2.73 bits per heavy atom. The van der Waals surface area contributed by atoms with Crippen molar-refractivity contribution in [2.75, 3.05) is 0 Å². The first kappa shape index (κ1) is 12.4. The fourth-order valence-electron chi connectivity index (χ4n) is 2.12. The summed E-state index contributed by atoms with van der Waals surface area (Å²) in [6, 6.07) is 0.314. The van der Waals surface area contributed by atoms with Crippen LogP contribution in [0, 0.1) is 5.92 Å². The number of rotatable bonds is 3. The molecule has 0 radical (unpaired) electrons. The number of nitrogens with one attached hydrogen (secondary N) is 1. The van der Waals surface area contributed by atoms with Crippen molar-refractivity contribution in [2.24, 2.45) is 11.7 Å². The maximum atomic E-state index is 11.5. The van der Waals surface area contributed by atoms with Gasteiger partial charge in [0.1, 0.15) is 0 Å². The first-order valence-corrected chi connectivity index (χ1v) is 6.08. The summed E-state index contributed by atoms with van der Waals surface area (Å²) < 4.78 is 0. The molecule has 0 heterocycles. The molecule has 86 valence electrons. The van der Waals surface area contributed by atoms with Crippen molar-refractivity contribution in [1.82, 2.24) is 5.32 Å². The highest BCUT2D eigenvalue weighted by molar-refractivity contribution is 7.80. The van der Waals surface area contributed by atoms with Crippen LogP contribution in [0.25, 0.3) is 0 Å². The standard InChI is InChI=1S/C11H20N2OS/c1-8-5-3-2-4-6-9(8)13-11(14)7-10(12)15/h8-9H,2-7H2,1H3,(H2,12,15)(H,13,14). The molecule has 15 heavy (non-hydrogen) atoms. The molecule has 0 aliphatic heterocycles. The van der Waals surface area contributed by atoms with Crippen molar-refractivity contribution in [3.63, 3.8) is 0 Å². The number of nitrogens with two attached hydrogens (primary N) is 1. The smallest absolute Gasteiger partial charge is 0.227 e. The third kappa shape index (κ3) is 4.60. The van der Waals surface area contributed by atoms with Crippen LogP contribution >= 0.6 is 12.2 Å². The van der Waals surface area contributed by atoms with Gasteiger partial charge in [-0.3, -0.25) is 4.79 Å². The predicted molar refractivity (Wildman–Crippen MR) is 65.6 cm³/mol.